The second kappa shape index (κ2) is 4.57. The van der Waals surface area contributed by atoms with Crippen molar-refractivity contribution in [1.82, 2.24) is 0 Å². The van der Waals surface area contributed by atoms with Crippen LogP contribution in [0.1, 0.15) is 25.3 Å². The third-order valence-corrected chi connectivity index (χ3v) is 2.49. The Morgan fingerprint density at radius 1 is 1.38 bits per heavy atom. The van der Waals surface area contributed by atoms with Gasteiger partial charge in [-0.3, -0.25) is 4.79 Å². The third-order valence-electron chi connectivity index (χ3n) is 2.49. The van der Waals surface area contributed by atoms with Gasteiger partial charge in [-0.05, 0) is 24.1 Å². The summed E-state index contributed by atoms with van der Waals surface area (Å²) in [4.78, 5) is 10.6. The van der Waals surface area contributed by atoms with Crippen molar-refractivity contribution in [2.45, 2.75) is 25.4 Å². The molecule has 0 aliphatic heterocycles. The molecule has 5 heteroatoms. The average Bonchev–Trinajstić information content (AvgIpc) is 2.21. The van der Waals surface area contributed by atoms with Crippen LogP contribution in [0.25, 0.3) is 0 Å². The Morgan fingerprint density at radius 3 is 2.44 bits per heavy atom. The average molecular weight is 230 g/mol. The Balaban J connectivity index is 3.12. The second-order valence-corrected chi connectivity index (χ2v) is 3.58. The first kappa shape index (κ1) is 12.6. The van der Waals surface area contributed by atoms with Gasteiger partial charge in [-0.15, -0.1) is 0 Å². The molecule has 1 aromatic carbocycles. The highest BCUT2D eigenvalue weighted by atomic mass is 19.2. The van der Waals surface area contributed by atoms with Crippen LogP contribution in [0.4, 0.5) is 8.78 Å². The van der Waals surface area contributed by atoms with Crippen LogP contribution in [-0.4, -0.2) is 16.2 Å². The van der Waals surface area contributed by atoms with Crippen LogP contribution in [0.15, 0.2) is 18.2 Å². The minimum atomic E-state index is -1.67. The fraction of sp³-hybridized carbons (Fsp3) is 0.364. The van der Waals surface area contributed by atoms with Crippen molar-refractivity contribution < 1.29 is 23.8 Å². The van der Waals surface area contributed by atoms with Crippen molar-refractivity contribution in [2.24, 2.45) is 0 Å². The van der Waals surface area contributed by atoms with Gasteiger partial charge in [0.25, 0.3) is 0 Å². The molecule has 0 saturated heterocycles. The van der Waals surface area contributed by atoms with Gasteiger partial charge in [0, 0.05) is 0 Å². The highest BCUT2D eigenvalue weighted by Gasteiger charge is 2.30. The van der Waals surface area contributed by atoms with E-state index in [1.165, 1.54) is 6.07 Å². The fourth-order valence-corrected chi connectivity index (χ4v) is 1.47. The third kappa shape index (κ3) is 2.55. The van der Waals surface area contributed by atoms with E-state index in [4.69, 9.17) is 5.11 Å². The topological polar surface area (TPSA) is 57.5 Å². The summed E-state index contributed by atoms with van der Waals surface area (Å²) in [5.41, 5.74) is -1.60. The monoisotopic (exact) mass is 230 g/mol. The van der Waals surface area contributed by atoms with Crippen LogP contribution < -0.4 is 0 Å². The van der Waals surface area contributed by atoms with Crippen LogP contribution in [0.3, 0.4) is 0 Å². The number of carbonyl (C=O) groups is 1. The number of rotatable bonds is 4. The normalized spacial score (nSPS) is 14.5. The van der Waals surface area contributed by atoms with Gasteiger partial charge in [-0.25, -0.2) is 8.78 Å². The lowest BCUT2D eigenvalue weighted by molar-refractivity contribution is -0.143. The maximum absolute atomic E-state index is 12.9. The molecule has 0 heterocycles. The van der Waals surface area contributed by atoms with Crippen LogP contribution >= 0.6 is 0 Å². The molecule has 2 N–H and O–H groups in total. The van der Waals surface area contributed by atoms with E-state index in [1.807, 2.05) is 0 Å². The van der Waals surface area contributed by atoms with Gasteiger partial charge >= 0.3 is 5.97 Å². The fourth-order valence-electron chi connectivity index (χ4n) is 1.47. The zero-order chi connectivity index (χ0) is 12.3. The number of carboxylic acids is 1. The highest BCUT2D eigenvalue weighted by Crippen LogP contribution is 2.29. The van der Waals surface area contributed by atoms with E-state index >= 15 is 0 Å². The molecule has 16 heavy (non-hydrogen) atoms. The van der Waals surface area contributed by atoms with Crippen molar-refractivity contribution in [3.63, 3.8) is 0 Å². The summed E-state index contributed by atoms with van der Waals surface area (Å²) in [6.07, 6.45) is -0.445. The predicted molar refractivity (Wildman–Crippen MR) is 52.8 cm³/mol. The lowest BCUT2D eigenvalue weighted by atomic mass is 9.88. The summed E-state index contributed by atoms with van der Waals surface area (Å²) in [7, 11) is 0. The molecule has 1 aromatic rings. The van der Waals surface area contributed by atoms with Gasteiger partial charge in [-0.2, -0.15) is 0 Å². The van der Waals surface area contributed by atoms with Gasteiger partial charge in [0.05, 0.1) is 12.0 Å². The number of halogens is 2. The zero-order valence-corrected chi connectivity index (χ0v) is 8.70. The molecule has 0 saturated carbocycles. The van der Waals surface area contributed by atoms with Crippen molar-refractivity contribution in [2.75, 3.05) is 0 Å². The smallest absolute Gasteiger partial charge is 0.306 e. The molecule has 0 amide bonds. The molecular formula is C11H12F2O3. The Labute approximate surface area is 91.3 Å². The number of hydrogen-bond acceptors (Lipinski definition) is 2. The van der Waals surface area contributed by atoms with E-state index in [2.05, 4.69) is 0 Å². The number of benzene rings is 1. The Bertz CT molecular complexity index is 406. The van der Waals surface area contributed by atoms with Gasteiger partial charge in [-0.1, -0.05) is 13.0 Å². The van der Waals surface area contributed by atoms with Crippen LogP contribution in [0.5, 0.6) is 0 Å². The summed E-state index contributed by atoms with van der Waals surface area (Å²) in [5.74, 6) is -3.33. The van der Waals surface area contributed by atoms with Gasteiger partial charge in [0.2, 0.25) is 0 Å². The largest absolute Gasteiger partial charge is 0.481 e. The maximum Gasteiger partial charge on any atom is 0.306 e. The first-order valence-corrected chi connectivity index (χ1v) is 4.79. The molecule has 3 nitrogen and oxygen atoms in total. The lowest BCUT2D eigenvalue weighted by Gasteiger charge is -2.25. The van der Waals surface area contributed by atoms with E-state index in [-0.39, 0.29) is 12.0 Å². The summed E-state index contributed by atoms with van der Waals surface area (Å²) in [6.45, 7) is 1.57. The standard InChI is InChI=1S/C11H12F2O3/c1-2-11(16,6-10(14)15)7-3-4-8(12)9(13)5-7/h3-5,16H,2,6H2,1H3,(H,14,15). The lowest BCUT2D eigenvalue weighted by Crippen LogP contribution is -2.28. The molecule has 0 aliphatic rings. The summed E-state index contributed by atoms with van der Waals surface area (Å²) < 4.78 is 25.6. The molecular weight excluding hydrogens is 218 g/mol. The molecule has 88 valence electrons. The van der Waals surface area contributed by atoms with Gasteiger partial charge in [0.1, 0.15) is 0 Å². The van der Waals surface area contributed by atoms with E-state index in [0.717, 1.165) is 12.1 Å². The van der Waals surface area contributed by atoms with Crippen LogP contribution in [0, 0.1) is 11.6 Å². The number of hydrogen-bond donors (Lipinski definition) is 2. The number of aliphatic carboxylic acids is 1. The Kier molecular flexibility index (Phi) is 3.59. The SMILES string of the molecule is CCC(O)(CC(=O)O)c1ccc(F)c(F)c1. The predicted octanol–water partition coefficient (Wildman–Crippen LogP) is 2.04. The molecule has 0 aromatic heterocycles. The molecule has 0 fully saturated rings. The first-order chi connectivity index (χ1) is 7.39. The van der Waals surface area contributed by atoms with Gasteiger partial charge < -0.3 is 10.2 Å². The number of carboxylic acid groups (broad SMARTS) is 1. The van der Waals surface area contributed by atoms with E-state index in [9.17, 15) is 18.7 Å². The van der Waals surface area contributed by atoms with Crippen LogP contribution in [0.2, 0.25) is 0 Å². The minimum Gasteiger partial charge on any atom is -0.481 e. The Hall–Kier alpha value is -1.49. The summed E-state index contributed by atoms with van der Waals surface area (Å²) in [5, 5.41) is 18.6. The van der Waals surface area contributed by atoms with E-state index in [1.54, 1.807) is 6.92 Å². The molecule has 0 bridgehead atoms. The summed E-state index contributed by atoms with van der Waals surface area (Å²) >= 11 is 0. The minimum absolute atomic E-state index is 0.0660. The number of aliphatic hydroxyl groups is 1. The van der Waals surface area contributed by atoms with Crippen molar-refractivity contribution in [3.8, 4) is 0 Å². The van der Waals surface area contributed by atoms with Gasteiger partial charge in [0.15, 0.2) is 11.6 Å². The molecule has 0 spiro atoms. The van der Waals surface area contributed by atoms with Crippen LogP contribution in [-0.2, 0) is 10.4 Å². The molecule has 0 radical (unpaired) electrons. The zero-order valence-electron chi connectivity index (χ0n) is 8.70. The van der Waals surface area contributed by atoms with E-state index in [0.29, 0.717) is 0 Å². The van der Waals surface area contributed by atoms with Crippen molar-refractivity contribution >= 4 is 5.97 Å². The van der Waals surface area contributed by atoms with Crippen molar-refractivity contribution in [1.29, 1.82) is 0 Å². The molecule has 1 atom stereocenters. The Morgan fingerprint density at radius 2 is 2.00 bits per heavy atom. The second-order valence-electron chi connectivity index (χ2n) is 3.58. The quantitative estimate of drug-likeness (QED) is 0.832. The highest BCUT2D eigenvalue weighted by molar-refractivity contribution is 5.68. The molecule has 1 rings (SSSR count). The molecule has 1 unspecified atom stereocenters. The van der Waals surface area contributed by atoms with Crippen molar-refractivity contribution in [3.05, 3.63) is 35.4 Å². The maximum atomic E-state index is 12.9. The first-order valence-electron chi connectivity index (χ1n) is 4.79. The summed E-state index contributed by atoms with van der Waals surface area (Å²) in [6, 6.07) is 2.87. The molecule has 0 aliphatic carbocycles. The van der Waals surface area contributed by atoms with E-state index < -0.39 is 29.6 Å².